The first kappa shape index (κ1) is 19.5. The molecular formula is C17H25NO4S. The number of unbranched alkanes of at least 4 members (excludes halogenated alkanes) is 1. The number of aliphatic carboxylic acids is 1. The topological polar surface area (TPSA) is 75.6 Å². The molecule has 128 valence electrons. The van der Waals surface area contributed by atoms with Crippen molar-refractivity contribution in [3.8, 4) is 0 Å². The van der Waals surface area contributed by atoms with Crippen molar-refractivity contribution in [2.45, 2.75) is 50.2 Å². The molecule has 1 amide bonds. The molecule has 2 N–H and O–H groups in total. The Morgan fingerprint density at radius 1 is 1.30 bits per heavy atom. The Labute approximate surface area is 141 Å². The van der Waals surface area contributed by atoms with Crippen LogP contribution >= 0.6 is 11.8 Å². The second kappa shape index (κ2) is 10.3. The minimum absolute atomic E-state index is 0.161. The minimum atomic E-state index is -0.955. The quantitative estimate of drug-likeness (QED) is 0.505. The average molecular weight is 339 g/mol. The van der Waals surface area contributed by atoms with E-state index in [1.54, 1.807) is 18.7 Å². The van der Waals surface area contributed by atoms with Crippen LogP contribution in [0.4, 0.5) is 0 Å². The Bertz CT molecular complexity index is 504. The molecule has 23 heavy (non-hydrogen) atoms. The zero-order chi connectivity index (χ0) is 17.2. The van der Waals surface area contributed by atoms with Gasteiger partial charge in [0.2, 0.25) is 5.91 Å². The second-order valence-electron chi connectivity index (χ2n) is 5.30. The highest BCUT2D eigenvalue weighted by Gasteiger charge is 2.21. The van der Waals surface area contributed by atoms with Crippen LogP contribution in [0.1, 0.15) is 44.7 Å². The minimum Gasteiger partial charge on any atom is -0.481 e. The van der Waals surface area contributed by atoms with Gasteiger partial charge in [0.25, 0.3) is 0 Å². The van der Waals surface area contributed by atoms with Gasteiger partial charge in [-0.25, -0.2) is 0 Å². The summed E-state index contributed by atoms with van der Waals surface area (Å²) in [6, 6.07) is 6.97. The third-order valence-electron chi connectivity index (χ3n) is 3.45. The number of nitrogens with one attached hydrogen (secondary N) is 1. The predicted octanol–water partition coefficient (Wildman–Crippen LogP) is 3.25. The fourth-order valence-electron chi connectivity index (χ4n) is 2.03. The summed E-state index contributed by atoms with van der Waals surface area (Å²) in [6.45, 7) is 4.26. The Morgan fingerprint density at radius 2 is 1.96 bits per heavy atom. The van der Waals surface area contributed by atoms with Gasteiger partial charge in [0, 0.05) is 11.5 Å². The molecule has 0 aliphatic carbocycles. The number of rotatable bonds is 10. The van der Waals surface area contributed by atoms with Crippen molar-refractivity contribution in [1.29, 1.82) is 0 Å². The number of carbonyl (C=O) groups excluding carboxylic acids is 1. The third kappa shape index (κ3) is 7.05. The fourth-order valence-corrected chi connectivity index (χ4v) is 2.44. The summed E-state index contributed by atoms with van der Waals surface area (Å²) < 4.78 is 5.46. The number of carboxylic acid groups (broad SMARTS) is 1. The molecule has 1 rings (SSSR count). The van der Waals surface area contributed by atoms with Crippen molar-refractivity contribution in [3.63, 3.8) is 0 Å². The summed E-state index contributed by atoms with van der Waals surface area (Å²) in [6.07, 6.45) is 3.11. The number of ether oxygens (including phenoxy) is 1. The highest BCUT2D eigenvalue weighted by Crippen LogP contribution is 2.21. The monoisotopic (exact) mass is 339 g/mol. The molecule has 0 heterocycles. The number of carbonyl (C=O) groups is 2. The maximum Gasteiger partial charge on any atom is 0.305 e. The Hall–Kier alpha value is -1.53. The van der Waals surface area contributed by atoms with E-state index in [2.05, 4.69) is 12.2 Å². The van der Waals surface area contributed by atoms with Gasteiger partial charge >= 0.3 is 5.97 Å². The maximum absolute atomic E-state index is 12.2. The molecule has 0 radical (unpaired) electrons. The molecule has 0 bridgehead atoms. The normalized spacial score (nSPS) is 13.3. The summed E-state index contributed by atoms with van der Waals surface area (Å²) in [5.74, 6) is -1.25. The van der Waals surface area contributed by atoms with E-state index in [4.69, 9.17) is 9.84 Å². The van der Waals surface area contributed by atoms with Crippen LogP contribution in [0.2, 0.25) is 0 Å². The summed E-state index contributed by atoms with van der Waals surface area (Å²) in [4.78, 5) is 24.4. The van der Waals surface area contributed by atoms with Crippen LogP contribution in [0.15, 0.2) is 29.2 Å². The lowest BCUT2D eigenvalue weighted by Gasteiger charge is -2.20. The van der Waals surface area contributed by atoms with Crippen molar-refractivity contribution in [3.05, 3.63) is 29.8 Å². The van der Waals surface area contributed by atoms with Gasteiger partial charge in [0.1, 0.15) is 6.10 Å². The molecule has 0 aliphatic heterocycles. The fraction of sp³-hybridized carbons (Fsp3) is 0.529. The molecule has 0 saturated carbocycles. The van der Waals surface area contributed by atoms with E-state index in [9.17, 15) is 9.59 Å². The highest BCUT2D eigenvalue weighted by atomic mass is 32.2. The number of thioether (sulfide) groups is 1. The molecule has 0 aromatic heterocycles. The van der Waals surface area contributed by atoms with Crippen LogP contribution in [0, 0.1) is 0 Å². The zero-order valence-electron chi connectivity index (χ0n) is 13.9. The summed E-state index contributed by atoms with van der Waals surface area (Å²) in [5, 5.41) is 11.9. The summed E-state index contributed by atoms with van der Waals surface area (Å²) in [5.41, 5.74) is 0.777. The van der Waals surface area contributed by atoms with Crippen LogP contribution in [-0.2, 0) is 14.3 Å². The van der Waals surface area contributed by atoms with E-state index < -0.39 is 18.1 Å². The summed E-state index contributed by atoms with van der Waals surface area (Å²) >= 11 is 1.61. The zero-order valence-corrected chi connectivity index (χ0v) is 14.7. The molecular weight excluding hydrogens is 314 g/mol. The standard InChI is InChI=1S/C17H25NO4S/c1-4-5-10-22-12(2)17(21)18-15(11-16(19)20)13-6-8-14(23-3)9-7-13/h6-9,12,15H,4-5,10-11H2,1-3H3,(H,18,21)(H,19,20). The molecule has 0 fully saturated rings. The van der Waals surface area contributed by atoms with Crippen molar-refractivity contribution in [1.82, 2.24) is 5.32 Å². The molecule has 2 unspecified atom stereocenters. The molecule has 1 aromatic carbocycles. The van der Waals surface area contributed by atoms with E-state index >= 15 is 0 Å². The first-order chi connectivity index (χ1) is 11.0. The first-order valence-corrected chi connectivity index (χ1v) is 8.98. The van der Waals surface area contributed by atoms with Gasteiger partial charge in [-0.1, -0.05) is 25.5 Å². The van der Waals surface area contributed by atoms with Gasteiger partial charge < -0.3 is 15.2 Å². The van der Waals surface area contributed by atoms with Crippen LogP contribution in [0.3, 0.4) is 0 Å². The largest absolute Gasteiger partial charge is 0.481 e. The predicted molar refractivity (Wildman–Crippen MR) is 91.7 cm³/mol. The number of hydrogen-bond acceptors (Lipinski definition) is 4. The van der Waals surface area contributed by atoms with Gasteiger partial charge in [-0.3, -0.25) is 9.59 Å². The van der Waals surface area contributed by atoms with E-state index in [0.29, 0.717) is 6.61 Å². The Kier molecular flexibility index (Phi) is 8.73. The molecule has 0 saturated heterocycles. The lowest BCUT2D eigenvalue weighted by atomic mass is 10.0. The first-order valence-electron chi connectivity index (χ1n) is 7.75. The molecule has 2 atom stereocenters. The number of amides is 1. The van der Waals surface area contributed by atoms with Crippen molar-refractivity contribution < 1.29 is 19.4 Å². The molecule has 0 aliphatic rings. The lowest BCUT2D eigenvalue weighted by Crippen LogP contribution is -2.38. The molecule has 0 spiro atoms. The van der Waals surface area contributed by atoms with E-state index in [1.807, 2.05) is 30.5 Å². The molecule has 6 heteroatoms. The Morgan fingerprint density at radius 3 is 2.48 bits per heavy atom. The van der Waals surface area contributed by atoms with E-state index in [1.165, 1.54) is 0 Å². The molecule has 1 aromatic rings. The van der Waals surface area contributed by atoms with Crippen LogP contribution in [-0.4, -0.2) is 35.9 Å². The van der Waals surface area contributed by atoms with Crippen molar-refractivity contribution in [2.75, 3.05) is 12.9 Å². The van der Waals surface area contributed by atoms with Crippen LogP contribution in [0.25, 0.3) is 0 Å². The van der Waals surface area contributed by atoms with Crippen LogP contribution < -0.4 is 5.32 Å². The number of benzene rings is 1. The highest BCUT2D eigenvalue weighted by molar-refractivity contribution is 7.98. The summed E-state index contributed by atoms with van der Waals surface area (Å²) in [7, 11) is 0. The average Bonchev–Trinajstić information content (AvgIpc) is 2.54. The molecule has 5 nitrogen and oxygen atoms in total. The van der Waals surface area contributed by atoms with Gasteiger partial charge in [0.15, 0.2) is 0 Å². The maximum atomic E-state index is 12.2. The number of hydrogen-bond donors (Lipinski definition) is 2. The van der Waals surface area contributed by atoms with E-state index in [-0.39, 0.29) is 12.3 Å². The second-order valence-corrected chi connectivity index (χ2v) is 6.18. The van der Waals surface area contributed by atoms with E-state index in [0.717, 1.165) is 23.3 Å². The third-order valence-corrected chi connectivity index (χ3v) is 4.19. The van der Waals surface area contributed by atoms with Crippen LogP contribution in [0.5, 0.6) is 0 Å². The van der Waals surface area contributed by atoms with Gasteiger partial charge in [-0.15, -0.1) is 11.8 Å². The Balaban J connectivity index is 2.73. The van der Waals surface area contributed by atoms with Gasteiger partial charge in [-0.2, -0.15) is 0 Å². The van der Waals surface area contributed by atoms with Crippen molar-refractivity contribution >= 4 is 23.6 Å². The lowest BCUT2D eigenvalue weighted by molar-refractivity contribution is -0.138. The van der Waals surface area contributed by atoms with Gasteiger partial charge in [-0.05, 0) is 37.3 Å². The van der Waals surface area contributed by atoms with Crippen molar-refractivity contribution in [2.24, 2.45) is 0 Å². The smallest absolute Gasteiger partial charge is 0.305 e. The van der Waals surface area contributed by atoms with Gasteiger partial charge in [0.05, 0.1) is 12.5 Å². The number of carboxylic acids is 1. The SMILES string of the molecule is CCCCOC(C)C(=O)NC(CC(=O)O)c1ccc(SC)cc1.